The van der Waals surface area contributed by atoms with Crippen LogP contribution in [0.15, 0.2) is 0 Å². The van der Waals surface area contributed by atoms with E-state index < -0.39 is 12.1 Å². The second kappa shape index (κ2) is 8.00. The first-order chi connectivity index (χ1) is 6.75. The topological polar surface area (TPSA) is 113 Å². The average molecular weight is 232 g/mol. The lowest BCUT2D eigenvalue weighted by atomic mass is 10.6. The van der Waals surface area contributed by atoms with Crippen molar-refractivity contribution in [3.05, 3.63) is 0 Å². The van der Waals surface area contributed by atoms with Crippen LogP contribution in [0.25, 0.3) is 0 Å². The highest BCUT2D eigenvalue weighted by Crippen LogP contribution is 2.13. The Morgan fingerprint density at radius 1 is 1.33 bits per heavy atom. The average Bonchev–Trinajstić information content (AvgIpc) is 2.13. The van der Waals surface area contributed by atoms with Gasteiger partial charge < -0.3 is 21.3 Å². The molecule has 6 nitrogen and oxygen atoms in total. The Balaban J connectivity index is 0. The third kappa shape index (κ3) is 12.6. The van der Waals surface area contributed by atoms with Crippen LogP contribution in [-0.4, -0.2) is 48.0 Å². The standard InChI is InChI=1S/C4H10N2O2.C2HF3O2/c5-3-4(8)6-1-2-7;3-2(4,5)1(6)7/h7H,1-3,5H2,(H,6,8);(H,6,7). The van der Waals surface area contributed by atoms with Gasteiger partial charge in [0.05, 0.1) is 13.2 Å². The highest BCUT2D eigenvalue weighted by Gasteiger charge is 2.38. The molecule has 0 saturated heterocycles. The van der Waals surface area contributed by atoms with Crippen molar-refractivity contribution in [2.45, 2.75) is 6.18 Å². The van der Waals surface area contributed by atoms with Crippen LogP contribution in [-0.2, 0) is 9.59 Å². The zero-order valence-corrected chi connectivity index (χ0v) is 7.54. The quantitative estimate of drug-likeness (QED) is 0.482. The molecule has 0 aliphatic carbocycles. The second-order valence-corrected chi connectivity index (χ2v) is 2.08. The molecular formula is C6H11F3N2O4. The van der Waals surface area contributed by atoms with E-state index in [1.165, 1.54) is 0 Å². The van der Waals surface area contributed by atoms with E-state index in [1.807, 2.05) is 0 Å². The number of halogens is 3. The number of hydrogen-bond donors (Lipinski definition) is 4. The van der Waals surface area contributed by atoms with Gasteiger partial charge in [-0.2, -0.15) is 13.2 Å². The molecule has 0 aromatic heterocycles. The van der Waals surface area contributed by atoms with Crippen molar-refractivity contribution in [2.75, 3.05) is 19.7 Å². The van der Waals surface area contributed by atoms with E-state index in [0.29, 0.717) is 0 Å². The van der Waals surface area contributed by atoms with Gasteiger partial charge in [-0.25, -0.2) is 4.79 Å². The molecule has 0 aliphatic rings. The summed E-state index contributed by atoms with van der Waals surface area (Å²) in [4.78, 5) is 19.1. The van der Waals surface area contributed by atoms with Crippen molar-refractivity contribution in [3.8, 4) is 0 Å². The molecule has 0 radical (unpaired) electrons. The Kier molecular flexibility index (Phi) is 8.58. The highest BCUT2D eigenvalue weighted by atomic mass is 19.4. The van der Waals surface area contributed by atoms with Crippen molar-refractivity contribution in [1.82, 2.24) is 5.32 Å². The number of rotatable bonds is 3. The maximum absolute atomic E-state index is 10.6. The summed E-state index contributed by atoms with van der Waals surface area (Å²) in [5.41, 5.74) is 4.92. The fraction of sp³-hybridized carbons (Fsp3) is 0.667. The van der Waals surface area contributed by atoms with Crippen LogP contribution in [0, 0.1) is 0 Å². The number of carbonyl (C=O) groups excluding carboxylic acids is 1. The van der Waals surface area contributed by atoms with Gasteiger partial charge in [-0.05, 0) is 0 Å². The van der Waals surface area contributed by atoms with Crippen molar-refractivity contribution in [3.63, 3.8) is 0 Å². The van der Waals surface area contributed by atoms with Gasteiger partial charge >= 0.3 is 12.1 Å². The maximum atomic E-state index is 10.6. The van der Waals surface area contributed by atoms with E-state index in [0.717, 1.165) is 0 Å². The number of carboxylic acids is 1. The van der Waals surface area contributed by atoms with E-state index in [2.05, 4.69) is 5.32 Å². The third-order valence-electron chi connectivity index (χ3n) is 0.862. The molecule has 0 aliphatic heterocycles. The smallest absolute Gasteiger partial charge is 0.475 e. The van der Waals surface area contributed by atoms with Crippen molar-refractivity contribution in [1.29, 1.82) is 0 Å². The van der Waals surface area contributed by atoms with Crippen molar-refractivity contribution in [2.24, 2.45) is 5.73 Å². The summed E-state index contributed by atoms with van der Waals surface area (Å²) in [6.07, 6.45) is -5.08. The van der Waals surface area contributed by atoms with E-state index in [-0.39, 0.29) is 25.6 Å². The number of aliphatic hydroxyl groups is 1. The number of alkyl halides is 3. The molecule has 0 saturated carbocycles. The van der Waals surface area contributed by atoms with Gasteiger partial charge in [0.15, 0.2) is 0 Å². The first kappa shape index (κ1) is 16.1. The third-order valence-corrected chi connectivity index (χ3v) is 0.862. The van der Waals surface area contributed by atoms with Gasteiger partial charge in [0.25, 0.3) is 0 Å². The number of hydrogen-bond acceptors (Lipinski definition) is 4. The fourth-order valence-corrected chi connectivity index (χ4v) is 0.267. The Bertz CT molecular complexity index is 207. The zero-order valence-electron chi connectivity index (χ0n) is 7.54. The molecule has 1 amide bonds. The molecular weight excluding hydrogens is 221 g/mol. The number of carboxylic acid groups (broad SMARTS) is 1. The summed E-state index contributed by atoms with van der Waals surface area (Å²) in [5, 5.41) is 17.6. The Labute approximate surface area is 82.9 Å². The summed E-state index contributed by atoms with van der Waals surface area (Å²) < 4.78 is 31.7. The molecule has 0 unspecified atom stereocenters. The van der Waals surface area contributed by atoms with Crippen LogP contribution in [0.4, 0.5) is 13.2 Å². The number of nitrogens with one attached hydrogen (secondary N) is 1. The lowest BCUT2D eigenvalue weighted by Gasteiger charge is -1.96. The van der Waals surface area contributed by atoms with E-state index in [1.54, 1.807) is 0 Å². The highest BCUT2D eigenvalue weighted by molar-refractivity contribution is 5.77. The largest absolute Gasteiger partial charge is 0.490 e. The molecule has 0 atom stereocenters. The van der Waals surface area contributed by atoms with Crippen molar-refractivity contribution < 1.29 is 33.0 Å². The van der Waals surface area contributed by atoms with Gasteiger partial charge in [0.1, 0.15) is 0 Å². The SMILES string of the molecule is NCC(=O)NCCO.O=C(O)C(F)(F)F. The fourth-order valence-electron chi connectivity index (χ4n) is 0.267. The summed E-state index contributed by atoms with van der Waals surface area (Å²) in [6, 6.07) is 0. The van der Waals surface area contributed by atoms with Crippen LogP contribution in [0.3, 0.4) is 0 Å². The summed E-state index contributed by atoms with van der Waals surface area (Å²) in [5.74, 6) is -2.99. The van der Waals surface area contributed by atoms with Gasteiger partial charge in [-0.1, -0.05) is 0 Å². The molecule has 9 heteroatoms. The first-order valence-electron chi connectivity index (χ1n) is 3.63. The normalized spacial score (nSPS) is 9.93. The molecule has 5 N–H and O–H groups in total. The summed E-state index contributed by atoms with van der Waals surface area (Å²) in [7, 11) is 0. The minimum atomic E-state index is -5.08. The first-order valence-corrected chi connectivity index (χ1v) is 3.63. The predicted molar refractivity (Wildman–Crippen MR) is 42.8 cm³/mol. The number of aliphatic carboxylic acids is 1. The minimum Gasteiger partial charge on any atom is -0.475 e. The number of carbonyl (C=O) groups is 2. The van der Waals surface area contributed by atoms with Crippen molar-refractivity contribution >= 4 is 11.9 Å². The van der Waals surface area contributed by atoms with Gasteiger partial charge in [0.2, 0.25) is 5.91 Å². The zero-order chi connectivity index (χ0) is 12.5. The number of nitrogens with two attached hydrogens (primary N) is 1. The van der Waals surface area contributed by atoms with E-state index in [9.17, 15) is 18.0 Å². The summed E-state index contributed by atoms with van der Waals surface area (Å²) in [6.45, 7) is 0.238. The van der Waals surface area contributed by atoms with Gasteiger partial charge in [-0.3, -0.25) is 4.79 Å². The van der Waals surface area contributed by atoms with Crippen LogP contribution < -0.4 is 11.1 Å². The number of aliphatic hydroxyl groups excluding tert-OH is 1. The van der Waals surface area contributed by atoms with Crippen LogP contribution in [0.1, 0.15) is 0 Å². The van der Waals surface area contributed by atoms with Gasteiger partial charge in [-0.15, -0.1) is 0 Å². The molecule has 90 valence electrons. The van der Waals surface area contributed by atoms with Gasteiger partial charge in [0, 0.05) is 6.54 Å². The molecule has 0 bridgehead atoms. The Morgan fingerprint density at radius 3 is 1.93 bits per heavy atom. The lowest BCUT2D eigenvalue weighted by molar-refractivity contribution is -0.192. The second-order valence-electron chi connectivity index (χ2n) is 2.08. The lowest BCUT2D eigenvalue weighted by Crippen LogP contribution is -2.32. The minimum absolute atomic E-state index is 0.0139. The molecule has 0 rings (SSSR count). The van der Waals surface area contributed by atoms with Crippen LogP contribution in [0.5, 0.6) is 0 Å². The number of amides is 1. The molecule has 0 heterocycles. The molecule has 0 fully saturated rings. The Morgan fingerprint density at radius 2 is 1.73 bits per heavy atom. The molecule has 0 aromatic carbocycles. The molecule has 0 spiro atoms. The molecule has 0 aromatic rings. The monoisotopic (exact) mass is 232 g/mol. The maximum Gasteiger partial charge on any atom is 0.490 e. The van der Waals surface area contributed by atoms with E-state index >= 15 is 0 Å². The van der Waals surface area contributed by atoms with E-state index in [4.69, 9.17) is 20.7 Å². The summed E-state index contributed by atoms with van der Waals surface area (Å²) >= 11 is 0. The Hall–Kier alpha value is -1.35. The molecule has 15 heavy (non-hydrogen) atoms. The van der Waals surface area contributed by atoms with Crippen LogP contribution >= 0.6 is 0 Å². The predicted octanol–water partition coefficient (Wildman–Crippen LogP) is -1.31. The van der Waals surface area contributed by atoms with Crippen LogP contribution in [0.2, 0.25) is 0 Å².